The van der Waals surface area contributed by atoms with Crippen LogP contribution in [0.4, 0.5) is 5.69 Å². The Balaban J connectivity index is 2.12. The van der Waals surface area contributed by atoms with E-state index in [0.29, 0.717) is 22.9 Å². The van der Waals surface area contributed by atoms with E-state index in [4.69, 9.17) is 10.5 Å². The number of amides is 1. The Morgan fingerprint density at radius 2 is 2.22 bits per heavy atom. The van der Waals surface area contributed by atoms with Crippen LogP contribution in [0.15, 0.2) is 18.2 Å². The second-order valence-electron chi connectivity index (χ2n) is 5.08. The smallest absolute Gasteiger partial charge is 0.255 e. The molecule has 0 spiro atoms. The molecule has 1 saturated carbocycles. The van der Waals surface area contributed by atoms with Crippen LogP contribution in [0.1, 0.15) is 23.7 Å². The summed E-state index contributed by atoms with van der Waals surface area (Å²) in [6, 6.07) is 5.29. The largest absolute Gasteiger partial charge is 0.495 e. The molecule has 1 aliphatic rings. The van der Waals surface area contributed by atoms with Gasteiger partial charge in [-0.05, 0) is 30.4 Å². The zero-order valence-electron chi connectivity index (χ0n) is 11.1. The van der Waals surface area contributed by atoms with E-state index in [1.54, 1.807) is 30.2 Å². The Morgan fingerprint density at radius 3 is 2.78 bits per heavy atom. The Bertz CT molecular complexity index is 459. The lowest BCUT2D eigenvalue weighted by Crippen LogP contribution is -2.29. The highest BCUT2D eigenvalue weighted by molar-refractivity contribution is 6.00. The van der Waals surface area contributed by atoms with E-state index in [1.165, 1.54) is 6.42 Å². The highest BCUT2D eigenvalue weighted by Crippen LogP contribution is 2.38. The number of para-hydroxylation sites is 1. The van der Waals surface area contributed by atoms with E-state index in [9.17, 15) is 4.79 Å². The van der Waals surface area contributed by atoms with E-state index in [-0.39, 0.29) is 5.91 Å². The van der Waals surface area contributed by atoms with Crippen LogP contribution in [0.2, 0.25) is 0 Å². The van der Waals surface area contributed by atoms with Crippen LogP contribution in [0.25, 0.3) is 0 Å². The fraction of sp³-hybridized carbons (Fsp3) is 0.500. The van der Waals surface area contributed by atoms with Crippen molar-refractivity contribution in [3.05, 3.63) is 23.8 Å². The number of nitrogen functional groups attached to an aromatic ring is 1. The van der Waals surface area contributed by atoms with Gasteiger partial charge in [0.15, 0.2) is 0 Å². The molecule has 1 aliphatic carbocycles. The third-order valence-corrected chi connectivity index (χ3v) is 3.65. The van der Waals surface area contributed by atoms with Crippen LogP contribution in [0.3, 0.4) is 0 Å². The molecule has 0 heterocycles. The zero-order chi connectivity index (χ0) is 13.3. The first-order valence-electron chi connectivity index (χ1n) is 6.22. The zero-order valence-corrected chi connectivity index (χ0v) is 11.1. The Labute approximate surface area is 108 Å². The lowest BCUT2D eigenvalue weighted by molar-refractivity contribution is 0.0788. The molecule has 0 aromatic heterocycles. The predicted molar refractivity (Wildman–Crippen MR) is 71.6 cm³/mol. The van der Waals surface area contributed by atoms with Gasteiger partial charge in [-0.25, -0.2) is 0 Å². The maximum Gasteiger partial charge on any atom is 0.255 e. The number of benzene rings is 1. The summed E-state index contributed by atoms with van der Waals surface area (Å²) in [6.45, 7) is 3.01. The molecule has 1 fully saturated rings. The van der Waals surface area contributed by atoms with Crippen molar-refractivity contribution in [3.8, 4) is 5.75 Å². The molecule has 18 heavy (non-hydrogen) atoms. The van der Waals surface area contributed by atoms with Crippen molar-refractivity contribution in [2.45, 2.75) is 13.3 Å². The summed E-state index contributed by atoms with van der Waals surface area (Å²) in [5, 5.41) is 0. The molecule has 1 amide bonds. The van der Waals surface area contributed by atoms with Gasteiger partial charge in [-0.2, -0.15) is 0 Å². The molecule has 98 valence electrons. The van der Waals surface area contributed by atoms with Crippen molar-refractivity contribution in [2.75, 3.05) is 26.4 Å². The van der Waals surface area contributed by atoms with E-state index >= 15 is 0 Å². The number of ether oxygens (including phenoxy) is 1. The van der Waals surface area contributed by atoms with Crippen molar-refractivity contribution in [2.24, 2.45) is 11.8 Å². The van der Waals surface area contributed by atoms with Gasteiger partial charge in [0.2, 0.25) is 0 Å². The fourth-order valence-corrected chi connectivity index (χ4v) is 2.20. The lowest BCUT2D eigenvalue weighted by Gasteiger charge is -2.18. The normalized spacial score (nSPS) is 21.5. The molecule has 4 heteroatoms. The average Bonchev–Trinajstić information content (AvgIpc) is 3.04. The van der Waals surface area contributed by atoms with Gasteiger partial charge >= 0.3 is 0 Å². The summed E-state index contributed by atoms with van der Waals surface area (Å²) in [4.78, 5) is 14.0. The molecule has 0 aliphatic heterocycles. The van der Waals surface area contributed by atoms with Crippen molar-refractivity contribution < 1.29 is 9.53 Å². The van der Waals surface area contributed by atoms with Gasteiger partial charge in [0.25, 0.3) is 5.91 Å². The first-order chi connectivity index (χ1) is 8.54. The summed E-state index contributed by atoms with van der Waals surface area (Å²) in [7, 11) is 3.38. The molecule has 2 unspecified atom stereocenters. The first kappa shape index (κ1) is 12.7. The van der Waals surface area contributed by atoms with Crippen molar-refractivity contribution in [3.63, 3.8) is 0 Å². The number of hydrogen-bond acceptors (Lipinski definition) is 3. The van der Waals surface area contributed by atoms with Crippen LogP contribution in [-0.4, -0.2) is 31.5 Å². The van der Waals surface area contributed by atoms with Gasteiger partial charge in [0.1, 0.15) is 5.75 Å². The van der Waals surface area contributed by atoms with Gasteiger partial charge in [-0.15, -0.1) is 0 Å². The minimum absolute atomic E-state index is 0.0366. The second kappa shape index (κ2) is 4.88. The highest BCUT2D eigenvalue weighted by atomic mass is 16.5. The summed E-state index contributed by atoms with van der Waals surface area (Å²) in [5.41, 5.74) is 6.87. The number of anilines is 1. The topological polar surface area (TPSA) is 55.6 Å². The summed E-state index contributed by atoms with van der Waals surface area (Å²) in [5.74, 6) is 1.90. The number of rotatable bonds is 4. The SMILES string of the molecule is COc1cccc(C(=O)N(C)CC2CC2C)c1N. The standard InChI is InChI=1S/C14H20N2O2/c1-9-7-10(9)8-16(2)14(17)11-5-4-6-12(18-3)13(11)15/h4-6,9-10H,7-8,15H2,1-3H3. The molecule has 4 nitrogen and oxygen atoms in total. The van der Waals surface area contributed by atoms with Crippen LogP contribution >= 0.6 is 0 Å². The minimum Gasteiger partial charge on any atom is -0.495 e. The summed E-state index contributed by atoms with van der Waals surface area (Å²) < 4.78 is 5.13. The predicted octanol–water partition coefficient (Wildman–Crippen LogP) is 2.01. The summed E-state index contributed by atoms with van der Waals surface area (Å²) in [6.07, 6.45) is 1.21. The number of nitrogens with zero attached hydrogens (tertiary/aromatic N) is 1. The third-order valence-electron chi connectivity index (χ3n) is 3.65. The monoisotopic (exact) mass is 248 g/mol. The van der Waals surface area contributed by atoms with Crippen LogP contribution in [0.5, 0.6) is 5.75 Å². The number of carbonyl (C=O) groups is 1. The highest BCUT2D eigenvalue weighted by Gasteiger charge is 2.34. The molecule has 1 aromatic rings. The van der Waals surface area contributed by atoms with Gasteiger partial charge in [-0.1, -0.05) is 13.0 Å². The van der Waals surface area contributed by atoms with Crippen LogP contribution in [-0.2, 0) is 0 Å². The van der Waals surface area contributed by atoms with Crippen LogP contribution < -0.4 is 10.5 Å². The van der Waals surface area contributed by atoms with E-state index in [2.05, 4.69) is 6.92 Å². The maximum atomic E-state index is 12.3. The van der Waals surface area contributed by atoms with E-state index in [0.717, 1.165) is 12.5 Å². The third kappa shape index (κ3) is 2.42. The average molecular weight is 248 g/mol. The second-order valence-corrected chi connectivity index (χ2v) is 5.08. The van der Waals surface area contributed by atoms with Crippen molar-refractivity contribution >= 4 is 11.6 Å². The molecule has 0 radical (unpaired) electrons. The van der Waals surface area contributed by atoms with Gasteiger partial charge in [0.05, 0.1) is 18.4 Å². The molecule has 0 saturated heterocycles. The van der Waals surface area contributed by atoms with Gasteiger partial charge in [0, 0.05) is 13.6 Å². The molecular weight excluding hydrogens is 228 g/mol. The number of methoxy groups -OCH3 is 1. The minimum atomic E-state index is -0.0366. The number of carbonyl (C=O) groups excluding carboxylic acids is 1. The molecule has 2 atom stereocenters. The van der Waals surface area contributed by atoms with E-state index in [1.807, 2.05) is 7.05 Å². The fourth-order valence-electron chi connectivity index (χ4n) is 2.20. The Morgan fingerprint density at radius 1 is 1.56 bits per heavy atom. The number of nitrogens with two attached hydrogens (primary N) is 1. The van der Waals surface area contributed by atoms with Crippen LogP contribution in [0, 0.1) is 11.8 Å². The first-order valence-corrected chi connectivity index (χ1v) is 6.22. The molecule has 2 N–H and O–H groups in total. The molecular formula is C14H20N2O2. The lowest BCUT2D eigenvalue weighted by atomic mass is 10.1. The van der Waals surface area contributed by atoms with Crippen molar-refractivity contribution in [1.29, 1.82) is 0 Å². The maximum absolute atomic E-state index is 12.3. The van der Waals surface area contributed by atoms with Gasteiger partial charge in [-0.3, -0.25) is 4.79 Å². The number of hydrogen-bond donors (Lipinski definition) is 1. The molecule has 0 bridgehead atoms. The molecule has 2 rings (SSSR count). The van der Waals surface area contributed by atoms with Crippen molar-refractivity contribution in [1.82, 2.24) is 4.90 Å². The molecule has 1 aromatic carbocycles. The Kier molecular flexibility index (Phi) is 3.45. The van der Waals surface area contributed by atoms with E-state index < -0.39 is 0 Å². The van der Waals surface area contributed by atoms with Gasteiger partial charge < -0.3 is 15.4 Å². The quantitative estimate of drug-likeness (QED) is 0.829. The summed E-state index contributed by atoms with van der Waals surface area (Å²) >= 11 is 0. The Hall–Kier alpha value is -1.71.